The van der Waals surface area contributed by atoms with Crippen molar-refractivity contribution in [3.63, 3.8) is 0 Å². The van der Waals surface area contributed by atoms with E-state index in [0.29, 0.717) is 0 Å². The van der Waals surface area contributed by atoms with Crippen molar-refractivity contribution in [2.45, 2.75) is 38.5 Å². The number of hydrogen-bond acceptors (Lipinski definition) is 1. The van der Waals surface area contributed by atoms with Gasteiger partial charge in [-0.1, -0.05) is 234 Å². The minimum absolute atomic E-state index is 0.150. The van der Waals surface area contributed by atoms with Gasteiger partial charge in [0.05, 0.1) is 16.8 Å². The van der Waals surface area contributed by atoms with Crippen molar-refractivity contribution in [3.8, 4) is 55.6 Å². The van der Waals surface area contributed by atoms with Crippen molar-refractivity contribution in [1.29, 1.82) is 0 Å². The molecule has 1 atom stereocenters. The predicted molar refractivity (Wildman–Crippen MR) is 285 cm³/mol. The Morgan fingerprint density at radius 2 is 1.01 bits per heavy atom. The number of hydrogen-bond donors (Lipinski definition) is 0. The number of anilines is 3. The van der Waals surface area contributed by atoms with Crippen molar-refractivity contribution in [3.05, 3.63) is 277 Å². The van der Waals surface area contributed by atoms with E-state index in [-0.39, 0.29) is 5.41 Å². The van der Waals surface area contributed by atoms with Gasteiger partial charge in [-0.15, -0.1) is 0 Å². The summed E-state index contributed by atoms with van der Waals surface area (Å²) in [5.74, 6) is 0. The molecule has 0 saturated carbocycles. The third kappa shape index (κ3) is 6.76. The lowest BCUT2D eigenvalue weighted by atomic mass is 9.70. The number of fused-ring (bicyclic) bond motifs is 10. The summed E-state index contributed by atoms with van der Waals surface area (Å²) in [6, 6.07) is 78.9. The molecule has 9 aromatic carbocycles. The fourth-order valence-corrected chi connectivity index (χ4v) is 11.1. The van der Waals surface area contributed by atoms with Crippen LogP contribution in [-0.2, 0) is 10.8 Å². The van der Waals surface area contributed by atoms with Crippen molar-refractivity contribution < 1.29 is 0 Å². The van der Waals surface area contributed by atoms with Crippen LogP contribution in [-0.4, -0.2) is 0 Å². The molecule has 1 heteroatoms. The number of allylic oxidation sites excluding steroid dienone is 5. The van der Waals surface area contributed by atoms with Crippen LogP contribution in [0.1, 0.15) is 61.1 Å². The van der Waals surface area contributed by atoms with Crippen molar-refractivity contribution in [2.24, 2.45) is 0 Å². The average molecular weight is 860 g/mol. The van der Waals surface area contributed by atoms with Gasteiger partial charge in [-0.25, -0.2) is 0 Å². The molecule has 0 aliphatic heterocycles. The molecule has 0 saturated heterocycles. The van der Waals surface area contributed by atoms with Gasteiger partial charge < -0.3 is 4.90 Å². The van der Waals surface area contributed by atoms with Gasteiger partial charge in [-0.05, 0) is 126 Å². The van der Waals surface area contributed by atoms with Gasteiger partial charge >= 0.3 is 0 Å². The first kappa shape index (κ1) is 41.7. The highest BCUT2D eigenvalue weighted by Gasteiger charge is 2.53. The first-order valence-electron chi connectivity index (χ1n) is 23.5. The molecule has 11 rings (SSSR count). The number of benzene rings is 9. The molecule has 0 amide bonds. The molecular weight excluding hydrogens is 807 g/mol. The second-order valence-corrected chi connectivity index (χ2v) is 18.8. The Kier molecular flexibility index (Phi) is 10.4. The van der Waals surface area contributed by atoms with Crippen LogP contribution in [0.2, 0.25) is 0 Å². The van der Waals surface area contributed by atoms with Gasteiger partial charge in [0, 0.05) is 16.8 Å². The summed E-state index contributed by atoms with van der Waals surface area (Å²) in [6.07, 6.45) is 8.37. The lowest BCUT2D eigenvalue weighted by Gasteiger charge is -2.33. The van der Waals surface area contributed by atoms with E-state index >= 15 is 0 Å². The Morgan fingerprint density at radius 3 is 1.64 bits per heavy atom. The molecular formula is C66H53N. The van der Waals surface area contributed by atoms with Crippen LogP contribution in [0.3, 0.4) is 0 Å². The van der Waals surface area contributed by atoms with Crippen LogP contribution in [0.25, 0.3) is 61.2 Å². The molecule has 1 spiro atoms. The molecule has 0 bridgehead atoms. The molecule has 1 nitrogen and oxygen atoms in total. The average Bonchev–Trinajstić information content (AvgIpc) is 3.85. The van der Waals surface area contributed by atoms with Crippen LogP contribution in [0.15, 0.2) is 243 Å². The summed E-state index contributed by atoms with van der Waals surface area (Å²) in [6.45, 7) is 13.2. The first-order chi connectivity index (χ1) is 32.8. The van der Waals surface area contributed by atoms with E-state index < -0.39 is 5.41 Å². The topological polar surface area (TPSA) is 3.24 Å². The van der Waals surface area contributed by atoms with Crippen LogP contribution >= 0.6 is 0 Å². The van der Waals surface area contributed by atoms with E-state index in [4.69, 9.17) is 0 Å². The van der Waals surface area contributed by atoms with E-state index in [2.05, 4.69) is 270 Å². The standard InChI is InChI=1S/C66H53N/c1-6-23-46(24-7-2)52-33-21-36-58-63(52)53-31-17-19-34-56(53)66(58)57-35-20-18-32-54(57)64-59(66)37-22-38-62(64)67(50-40-41-51(47-27-13-9-14-28-47)60(44-50)65(3,4)5)61-42-39-49(45-25-11-8-12-26-45)43-55(61)48-29-15-10-16-30-48/h6-44H,1H2,2-5H3/b24-7-,46-23+. The van der Waals surface area contributed by atoms with Crippen molar-refractivity contribution in [1.82, 2.24) is 0 Å². The summed E-state index contributed by atoms with van der Waals surface area (Å²) in [7, 11) is 0. The number of nitrogens with zero attached hydrogens (tertiary/aromatic N) is 1. The van der Waals surface area contributed by atoms with Crippen LogP contribution in [0.5, 0.6) is 0 Å². The fourth-order valence-electron chi connectivity index (χ4n) is 11.1. The Hall–Kier alpha value is -8.00. The Balaban J connectivity index is 1.24. The zero-order chi connectivity index (χ0) is 45.7. The quantitative estimate of drug-likeness (QED) is 0.131. The van der Waals surface area contributed by atoms with E-state index in [1.165, 1.54) is 77.9 Å². The third-order valence-corrected chi connectivity index (χ3v) is 13.9. The molecule has 0 N–H and O–H groups in total. The van der Waals surface area contributed by atoms with Gasteiger partial charge in [0.2, 0.25) is 0 Å². The summed E-state index contributed by atoms with van der Waals surface area (Å²) in [5, 5.41) is 0. The summed E-state index contributed by atoms with van der Waals surface area (Å²) in [5.41, 5.74) is 23.7. The maximum Gasteiger partial charge on any atom is 0.0726 e. The molecule has 322 valence electrons. The zero-order valence-electron chi connectivity index (χ0n) is 38.7. The SMILES string of the molecule is C=C/C=C(\C=C/C)c1cccc2c1-c1ccccc1C21c2ccccc2-c2c(N(c3ccc(-c4ccccc4)c(C(C)(C)C)c3)c3ccc(-c4ccccc4)cc3-c3ccccc3)cccc21. The molecule has 2 aliphatic carbocycles. The van der Waals surface area contributed by atoms with Crippen LogP contribution in [0.4, 0.5) is 17.1 Å². The molecule has 0 fully saturated rings. The second kappa shape index (κ2) is 16.8. The Morgan fingerprint density at radius 1 is 0.463 bits per heavy atom. The van der Waals surface area contributed by atoms with E-state index in [1.54, 1.807) is 0 Å². The Labute approximate surface area is 396 Å². The highest BCUT2D eigenvalue weighted by Crippen LogP contribution is 2.65. The van der Waals surface area contributed by atoms with Crippen LogP contribution < -0.4 is 4.90 Å². The minimum atomic E-state index is -0.558. The molecule has 1 unspecified atom stereocenters. The normalized spacial score (nSPS) is 14.7. The lowest BCUT2D eigenvalue weighted by molar-refractivity contribution is 0.592. The third-order valence-electron chi connectivity index (χ3n) is 13.9. The molecule has 0 aromatic heterocycles. The van der Waals surface area contributed by atoms with Gasteiger partial charge in [0.15, 0.2) is 0 Å². The zero-order valence-corrected chi connectivity index (χ0v) is 38.7. The van der Waals surface area contributed by atoms with Gasteiger partial charge in [0.1, 0.15) is 0 Å². The highest BCUT2D eigenvalue weighted by molar-refractivity contribution is 6.04. The summed E-state index contributed by atoms with van der Waals surface area (Å²) < 4.78 is 0. The minimum Gasteiger partial charge on any atom is -0.309 e. The second-order valence-electron chi connectivity index (χ2n) is 18.8. The highest BCUT2D eigenvalue weighted by atomic mass is 15.1. The smallest absolute Gasteiger partial charge is 0.0726 e. The summed E-state index contributed by atoms with van der Waals surface area (Å²) >= 11 is 0. The molecule has 9 aromatic rings. The van der Waals surface area contributed by atoms with Gasteiger partial charge in [-0.2, -0.15) is 0 Å². The predicted octanol–water partition coefficient (Wildman–Crippen LogP) is 17.9. The molecule has 2 aliphatic rings. The maximum absolute atomic E-state index is 4.12. The summed E-state index contributed by atoms with van der Waals surface area (Å²) in [4.78, 5) is 2.56. The number of rotatable bonds is 9. The van der Waals surface area contributed by atoms with Gasteiger partial charge in [-0.3, -0.25) is 0 Å². The molecule has 0 radical (unpaired) electrons. The molecule has 0 heterocycles. The van der Waals surface area contributed by atoms with E-state index in [9.17, 15) is 0 Å². The van der Waals surface area contributed by atoms with Crippen molar-refractivity contribution in [2.75, 3.05) is 4.90 Å². The Bertz CT molecular complexity index is 3400. The first-order valence-corrected chi connectivity index (χ1v) is 23.5. The largest absolute Gasteiger partial charge is 0.309 e. The van der Waals surface area contributed by atoms with E-state index in [0.717, 1.165) is 33.8 Å². The lowest BCUT2D eigenvalue weighted by Crippen LogP contribution is -2.26. The maximum atomic E-state index is 4.12. The molecule has 67 heavy (non-hydrogen) atoms. The van der Waals surface area contributed by atoms with E-state index in [1.807, 2.05) is 6.08 Å². The monoisotopic (exact) mass is 859 g/mol. The van der Waals surface area contributed by atoms with Crippen molar-refractivity contribution >= 4 is 22.6 Å². The van der Waals surface area contributed by atoms with Crippen LogP contribution in [0, 0.1) is 0 Å². The fraction of sp³-hybridized carbons (Fsp3) is 0.0909. The van der Waals surface area contributed by atoms with Gasteiger partial charge in [0.25, 0.3) is 0 Å².